The summed E-state index contributed by atoms with van der Waals surface area (Å²) >= 11 is 3.58. The highest BCUT2D eigenvalue weighted by Crippen LogP contribution is 2.40. The number of nitrogens with zero attached hydrogens (tertiary/aromatic N) is 5. The Kier molecular flexibility index (Phi) is 9.02. The minimum atomic E-state index is -2.75. The second kappa shape index (κ2) is 12.0. The quantitative estimate of drug-likeness (QED) is 0.117. The van der Waals surface area contributed by atoms with E-state index in [-0.39, 0.29) is 24.0 Å². The van der Waals surface area contributed by atoms with Crippen LogP contribution in [0.3, 0.4) is 0 Å². The number of hydrogen-bond donors (Lipinski definition) is 2. The highest BCUT2D eigenvalue weighted by Gasteiger charge is 2.30. The summed E-state index contributed by atoms with van der Waals surface area (Å²) in [5.74, 6) is -0.155. The molecule has 0 saturated heterocycles. The van der Waals surface area contributed by atoms with E-state index in [1.165, 1.54) is 4.34 Å². The number of anilines is 3. The van der Waals surface area contributed by atoms with E-state index < -0.39 is 6.43 Å². The van der Waals surface area contributed by atoms with Crippen LogP contribution >= 0.6 is 40.2 Å². The molecule has 5 rings (SSSR count). The fraction of sp³-hybridized carbons (Fsp3) is 0.333. The Labute approximate surface area is 232 Å². The largest absolute Gasteiger partial charge is 0.353 e. The summed E-state index contributed by atoms with van der Waals surface area (Å²) in [7, 11) is 1.92. The van der Waals surface area contributed by atoms with E-state index in [4.69, 9.17) is 0 Å². The van der Waals surface area contributed by atoms with Gasteiger partial charge in [0.2, 0.25) is 5.91 Å². The topological polar surface area (TPSA) is 89.7 Å². The molecule has 3 aromatic heterocycles. The average molecular weight is 657 g/mol. The monoisotopic (exact) mass is 657 g/mol. The van der Waals surface area contributed by atoms with Crippen LogP contribution in [0.2, 0.25) is 0 Å². The Morgan fingerprint density at radius 2 is 1.97 bits per heavy atom. The lowest BCUT2D eigenvalue weighted by Crippen LogP contribution is -2.14. The molecule has 0 spiro atoms. The third-order valence-electron chi connectivity index (χ3n) is 5.59. The summed E-state index contributed by atoms with van der Waals surface area (Å²) in [4.78, 5) is 26.5. The minimum absolute atomic E-state index is 0.0147. The van der Waals surface area contributed by atoms with Crippen molar-refractivity contribution in [3.63, 3.8) is 0 Å². The first kappa shape index (κ1) is 27.7. The number of imidazole rings is 2. The Bertz CT molecular complexity index is 1420. The fourth-order valence-corrected chi connectivity index (χ4v) is 6.17. The van der Waals surface area contributed by atoms with Crippen LogP contribution in [0.4, 0.5) is 26.0 Å². The molecule has 1 aromatic carbocycles. The van der Waals surface area contributed by atoms with Crippen molar-refractivity contribution in [1.29, 1.82) is 0 Å². The molecule has 1 amide bonds. The first-order chi connectivity index (χ1) is 17.9. The number of hydrogen-bond acceptors (Lipinski definition) is 6. The number of aryl methyl sites for hydroxylation is 1. The average Bonchev–Trinajstić information content (AvgIpc) is 3.56. The summed E-state index contributed by atoms with van der Waals surface area (Å²) in [6, 6.07) is 7.56. The Balaban J connectivity index is 0.00000156. The van der Waals surface area contributed by atoms with Gasteiger partial charge in [0.25, 0.3) is 6.43 Å². The van der Waals surface area contributed by atoms with E-state index in [1.54, 1.807) is 24.2 Å². The van der Waals surface area contributed by atoms with Crippen LogP contribution in [-0.4, -0.2) is 36.0 Å². The second-order valence-corrected chi connectivity index (χ2v) is 11.1. The van der Waals surface area contributed by atoms with Gasteiger partial charge in [-0.1, -0.05) is 19.9 Å². The molecule has 1 fully saturated rings. The third kappa shape index (κ3) is 6.06. The molecule has 1 atom stereocenters. The Morgan fingerprint density at radius 1 is 1.22 bits per heavy atom. The van der Waals surface area contributed by atoms with Crippen molar-refractivity contribution >= 4 is 74.4 Å². The molecule has 0 aliphatic heterocycles. The Hall–Kier alpha value is -2.31. The molecule has 1 saturated carbocycles. The van der Waals surface area contributed by atoms with Gasteiger partial charge in [0.1, 0.15) is 11.3 Å². The highest BCUT2D eigenvalue weighted by atomic mass is 127. The van der Waals surface area contributed by atoms with E-state index in [1.807, 2.05) is 78.2 Å². The molecule has 1 unspecified atom stereocenters. The van der Waals surface area contributed by atoms with E-state index in [9.17, 15) is 13.6 Å². The molecule has 196 valence electrons. The molecule has 3 heterocycles. The van der Waals surface area contributed by atoms with Gasteiger partial charge in [-0.25, -0.2) is 23.7 Å². The molecule has 1 aliphatic rings. The number of alkyl halides is 2. The summed E-state index contributed by atoms with van der Waals surface area (Å²) in [6.07, 6.45) is 4.58. The van der Waals surface area contributed by atoms with Gasteiger partial charge < -0.3 is 15.2 Å². The maximum Gasteiger partial charge on any atom is 0.295 e. The van der Waals surface area contributed by atoms with E-state index in [0.29, 0.717) is 22.7 Å². The van der Waals surface area contributed by atoms with Crippen molar-refractivity contribution in [3.8, 4) is 11.3 Å². The normalized spacial score (nSPS) is 13.3. The van der Waals surface area contributed by atoms with Crippen LogP contribution in [-0.2, 0) is 11.8 Å². The second-order valence-electron chi connectivity index (χ2n) is 8.15. The number of aromatic nitrogens is 5. The molecule has 8 nitrogen and oxygen atoms in total. The number of rotatable bonds is 8. The lowest BCUT2D eigenvalue weighted by molar-refractivity contribution is -0.117. The number of thioether (sulfide) groups is 1. The highest BCUT2D eigenvalue weighted by molar-refractivity contribution is 14.2. The molecular formula is C24H27F2IN7OPS. The molecule has 2 N–H and O–H groups in total. The van der Waals surface area contributed by atoms with Gasteiger partial charge in [-0.3, -0.25) is 9.13 Å². The van der Waals surface area contributed by atoms with Crippen LogP contribution in [0.15, 0.2) is 41.7 Å². The third-order valence-corrected chi connectivity index (χ3v) is 8.43. The lowest BCUT2D eigenvalue weighted by atomic mass is 10.1. The molecule has 37 heavy (non-hydrogen) atoms. The fourth-order valence-electron chi connectivity index (χ4n) is 3.69. The first-order valence-corrected chi connectivity index (χ1v) is 17.0. The lowest BCUT2D eigenvalue weighted by Gasteiger charge is -2.14. The molecule has 13 heteroatoms. The van der Waals surface area contributed by atoms with Crippen LogP contribution in [0.1, 0.15) is 38.9 Å². The molecule has 0 radical (unpaired) electrons. The Morgan fingerprint density at radius 3 is 2.57 bits per heavy atom. The molecular weight excluding hydrogens is 630 g/mol. The van der Waals surface area contributed by atoms with Crippen molar-refractivity contribution in [2.24, 2.45) is 13.0 Å². The molecule has 0 bridgehead atoms. The smallest absolute Gasteiger partial charge is 0.295 e. The predicted octanol–water partition coefficient (Wildman–Crippen LogP) is 7.40. The van der Waals surface area contributed by atoms with E-state index in [2.05, 4.69) is 25.6 Å². The van der Waals surface area contributed by atoms with Gasteiger partial charge in [-0.2, -0.15) is 0 Å². The molecule has 1 aliphatic carbocycles. The number of fused-ring (bicyclic) bond motifs is 1. The van der Waals surface area contributed by atoms with Gasteiger partial charge in [0, 0.05) is 35.7 Å². The minimum Gasteiger partial charge on any atom is -0.353 e. The van der Waals surface area contributed by atoms with Crippen LogP contribution in [0, 0.1) is 5.92 Å². The van der Waals surface area contributed by atoms with Crippen molar-refractivity contribution < 1.29 is 13.6 Å². The van der Waals surface area contributed by atoms with E-state index >= 15 is 0 Å². The predicted molar refractivity (Wildman–Crippen MR) is 157 cm³/mol. The van der Waals surface area contributed by atoms with Crippen molar-refractivity contribution in [2.75, 3.05) is 16.9 Å². The van der Waals surface area contributed by atoms with Gasteiger partial charge in [-0.05, 0) is 53.3 Å². The first-order valence-electron chi connectivity index (χ1n) is 11.7. The summed E-state index contributed by atoms with van der Waals surface area (Å²) in [5.41, 5.74) is 3.74. The van der Waals surface area contributed by atoms with Gasteiger partial charge in [-0.15, -0.1) is 11.8 Å². The zero-order valence-electron chi connectivity index (χ0n) is 20.7. The van der Waals surface area contributed by atoms with Crippen LogP contribution in [0.5, 0.6) is 0 Å². The maximum absolute atomic E-state index is 13.8. The standard InChI is InChI=1S/C22H21F2IN7OPS.C2H6/c1-31-9-15(26-10-31)12-5-6-13(16(7-12)35-2)27-14-8-17(29-22(33)11-3-4-11)28-20-18(14)30-21(19(23)24)32(20)34-25;1-2/h5-11,19,34H,3-4H2,1-2H3,(H2,27,28,29,33);1-2H3. The zero-order chi connectivity index (χ0) is 26.7. The SMILES string of the molecule is CC.CSc1cc(-c2cn(C)cn2)ccc1Nc1cc(NC(=O)C2CC2)nc2c1nc(C(F)F)n2PI. The summed E-state index contributed by atoms with van der Waals surface area (Å²) in [5, 5.41) is 6.19. The van der Waals surface area contributed by atoms with Crippen LogP contribution < -0.4 is 10.6 Å². The number of benzene rings is 1. The van der Waals surface area contributed by atoms with Crippen molar-refractivity contribution in [2.45, 2.75) is 38.0 Å². The molecule has 4 aromatic rings. The zero-order valence-corrected chi connectivity index (χ0v) is 24.7. The van der Waals surface area contributed by atoms with Crippen LogP contribution in [0.25, 0.3) is 22.4 Å². The maximum atomic E-state index is 13.8. The number of halogens is 3. The van der Waals surface area contributed by atoms with Gasteiger partial charge >= 0.3 is 0 Å². The van der Waals surface area contributed by atoms with Gasteiger partial charge in [0.05, 0.1) is 29.8 Å². The number of pyridine rings is 1. The number of amides is 1. The van der Waals surface area contributed by atoms with E-state index in [0.717, 1.165) is 34.7 Å². The summed E-state index contributed by atoms with van der Waals surface area (Å²) < 4.78 is 30.8. The van der Waals surface area contributed by atoms with Crippen molar-refractivity contribution in [1.82, 2.24) is 23.9 Å². The van der Waals surface area contributed by atoms with Gasteiger partial charge in [0.15, 0.2) is 11.5 Å². The summed E-state index contributed by atoms with van der Waals surface area (Å²) in [6.45, 7) is 4.00. The van der Waals surface area contributed by atoms with Crippen molar-refractivity contribution in [3.05, 3.63) is 42.6 Å². The number of nitrogens with one attached hydrogen (secondary N) is 2. The number of carbonyl (C=O) groups excluding carboxylic acids is 1. The number of carbonyl (C=O) groups is 1.